The van der Waals surface area contributed by atoms with Gasteiger partial charge in [-0.2, -0.15) is 5.26 Å². The van der Waals surface area contributed by atoms with Gasteiger partial charge < -0.3 is 10.1 Å². The van der Waals surface area contributed by atoms with Gasteiger partial charge in [-0.25, -0.2) is 0 Å². The summed E-state index contributed by atoms with van der Waals surface area (Å²) in [5, 5.41) is 13.5. The predicted octanol–water partition coefficient (Wildman–Crippen LogP) is 3.23. The Labute approximate surface area is 155 Å². The Morgan fingerprint density at radius 3 is 3.08 bits per heavy atom. The first-order valence-electron chi connectivity index (χ1n) is 8.42. The summed E-state index contributed by atoms with van der Waals surface area (Å²) >= 11 is 1.36. The van der Waals surface area contributed by atoms with Crippen molar-refractivity contribution in [2.75, 3.05) is 6.61 Å². The third kappa shape index (κ3) is 3.28. The summed E-state index contributed by atoms with van der Waals surface area (Å²) in [6, 6.07) is 8.13. The first-order chi connectivity index (χ1) is 12.7. The molecule has 6 nitrogen and oxygen atoms in total. The molecule has 0 atom stereocenters. The van der Waals surface area contributed by atoms with Gasteiger partial charge in [0, 0.05) is 11.6 Å². The van der Waals surface area contributed by atoms with Crippen molar-refractivity contribution in [2.45, 2.75) is 25.8 Å². The van der Waals surface area contributed by atoms with E-state index in [0.29, 0.717) is 34.0 Å². The van der Waals surface area contributed by atoms with Crippen LogP contribution in [0.25, 0.3) is 17.0 Å². The van der Waals surface area contributed by atoms with Crippen LogP contribution in [0.5, 0.6) is 5.75 Å². The van der Waals surface area contributed by atoms with Crippen LogP contribution >= 0.6 is 11.8 Å². The summed E-state index contributed by atoms with van der Waals surface area (Å²) in [6.45, 7) is 2.33. The van der Waals surface area contributed by atoms with Crippen LogP contribution in [0.4, 0.5) is 0 Å². The number of carbonyl (C=O) groups is 1. The summed E-state index contributed by atoms with van der Waals surface area (Å²) in [6.07, 6.45) is 5.53. The predicted molar refractivity (Wildman–Crippen MR) is 102 cm³/mol. The van der Waals surface area contributed by atoms with Crippen molar-refractivity contribution in [3.63, 3.8) is 0 Å². The molecule has 2 fully saturated rings. The maximum Gasteiger partial charge on any atom is 0.264 e. The first-order valence-corrected chi connectivity index (χ1v) is 9.24. The lowest BCUT2D eigenvalue weighted by Crippen LogP contribution is -2.20. The van der Waals surface area contributed by atoms with E-state index < -0.39 is 0 Å². The number of ether oxygens (including phenoxy) is 1. The molecule has 130 valence electrons. The van der Waals surface area contributed by atoms with Crippen LogP contribution in [-0.2, 0) is 4.79 Å². The summed E-state index contributed by atoms with van der Waals surface area (Å²) in [5.41, 5.74) is 1.99. The Kier molecular flexibility index (Phi) is 4.35. The smallest absolute Gasteiger partial charge is 0.264 e. The fraction of sp³-hybridized carbons (Fsp3) is 0.263. The minimum Gasteiger partial charge on any atom is -0.492 e. The minimum absolute atomic E-state index is 0.136. The van der Waals surface area contributed by atoms with Gasteiger partial charge in [0.25, 0.3) is 5.91 Å². The van der Waals surface area contributed by atoms with Crippen LogP contribution < -0.4 is 10.1 Å². The molecule has 1 aliphatic carbocycles. The number of hydrogen-bond donors (Lipinski definition) is 1. The number of thioether (sulfide) groups is 1. The van der Waals surface area contributed by atoms with E-state index in [-0.39, 0.29) is 5.91 Å². The van der Waals surface area contributed by atoms with E-state index in [2.05, 4.69) is 21.4 Å². The van der Waals surface area contributed by atoms with Crippen LogP contribution in [-0.4, -0.2) is 28.7 Å². The summed E-state index contributed by atoms with van der Waals surface area (Å²) in [7, 11) is 0. The fourth-order valence-corrected chi connectivity index (χ4v) is 3.56. The normalized spacial score (nSPS) is 19.8. The van der Waals surface area contributed by atoms with E-state index in [4.69, 9.17) is 4.74 Å². The molecule has 2 heterocycles. The van der Waals surface area contributed by atoms with Crippen molar-refractivity contribution in [2.24, 2.45) is 4.99 Å². The summed E-state index contributed by atoms with van der Waals surface area (Å²) in [4.78, 5) is 21.6. The number of aliphatic imine (C=N–C) groups is 1. The molecular formula is C19H16N4O2S. The van der Waals surface area contributed by atoms with E-state index in [0.717, 1.165) is 29.3 Å². The molecule has 1 aliphatic heterocycles. The first kappa shape index (κ1) is 16.6. The number of rotatable bonds is 4. The zero-order chi connectivity index (χ0) is 18.1. The molecule has 0 bridgehead atoms. The van der Waals surface area contributed by atoms with E-state index in [1.54, 1.807) is 0 Å². The van der Waals surface area contributed by atoms with Gasteiger partial charge in [0.1, 0.15) is 17.4 Å². The third-order valence-electron chi connectivity index (χ3n) is 4.05. The molecule has 2 aliphatic rings. The van der Waals surface area contributed by atoms with Gasteiger partial charge in [-0.1, -0.05) is 6.07 Å². The highest BCUT2D eigenvalue weighted by molar-refractivity contribution is 8.18. The molecule has 1 saturated heterocycles. The average Bonchev–Trinajstić information content (AvgIpc) is 3.39. The molecule has 0 unspecified atom stereocenters. The number of carbonyl (C=O) groups excluding carboxylic acids is 1. The number of nitrogens with zero attached hydrogens (tertiary/aromatic N) is 3. The molecule has 1 aromatic carbocycles. The SMILES string of the molecule is CCOc1c(C#N)cnc2ccc(/C=C3\SC(=NC4CC4)NC3=O)cc12. The van der Waals surface area contributed by atoms with Crippen molar-refractivity contribution in [1.82, 2.24) is 10.3 Å². The molecule has 1 amide bonds. The lowest BCUT2D eigenvalue weighted by atomic mass is 10.1. The van der Waals surface area contributed by atoms with Gasteiger partial charge >= 0.3 is 0 Å². The highest BCUT2D eigenvalue weighted by atomic mass is 32.2. The third-order valence-corrected chi connectivity index (χ3v) is 4.97. The number of nitriles is 1. The zero-order valence-electron chi connectivity index (χ0n) is 14.2. The second kappa shape index (κ2) is 6.81. The van der Waals surface area contributed by atoms with Gasteiger partial charge in [-0.3, -0.25) is 14.8 Å². The molecule has 7 heteroatoms. The molecule has 2 aromatic rings. The standard InChI is InChI=1S/C19H16N4O2S/c1-2-25-17-12(9-20)10-21-15-6-3-11(7-14(15)17)8-16-18(24)23-19(26-16)22-13-4-5-13/h3,6-8,10,13H,2,4-5H2,1H3,(H,22,23,24)/b16-8-. The molecule has 1 saturated carbocycles. The monoisotopic (exact) mass is 364 g/mol. The number of amides is 1. The fourth-order valence-electron chi connectivity index (χ4n) is 2.66. The maximum absolute atomic E-state index is 12.2. The number of fused-ring (bicyclic) bond motifs is 1. The summed E-state index contributed by atoms with van der Waals surface area (Å²) in [5.74, 6) is 0.392. The number of hydrogen-bond acceptors (Lipinski definition) is 6. The quantitative estimate of drug-likeness (QED) is 0.842. The van der Waals surface area contributed by atoms with E-state index in [9.17, 15) is 10.1 Å². The molecule has 0 radical (unpaired) electrons. The molecule has 4 rings (SSSR count). The van der Waals surface area contributed by atoms with Crippen LogP contribution in [0, 0.1) is 11.3 Å². The van der Waals surface area contributed by atoms with Gasteiger partial charge in [-0.15, -0.1) is 0 Å². The zero-order valence-corrected chi connectivity index (χ0v) is 15.0. The molecule has 0 spiro atoms. The van der Waals surface area contributed by atoms with Gasteiger partial charge in [0.2, 0.25) is 0 Å². The lowest BCUT2D eigenvalue weighted by Gasteiger charge is -2.09. The van der Waals surface area contributed by atoms with Crippen LogP contribution in [0.1, 0.15) is 30.9 Å². The number of pyridine rings is 1. The average molecular weight is 364 g/mol. The van der Waals surface area contributed by atoms with E-state index in [1.807, 2.05) is 31.2 Å². The Hall–Kier alpha value is -2.85. The Morgan fingerprint density at radius 1 is 1.50 bits per heavy atom. The number of amidine groups is 1. The Morgan fingerprint density at radius 2 is 2.35 bits per heavy atom. The topological polar surface area (TPSA) is 87.4 Å². The Bertz CT molecular complexity index is 1000. The van der Waals surface area contributed by atoms with Crippen molar-refractivity contribution in [3.05, 3.63) is 40.4 Å². The van der Waals surface area contributed by atoms with Crippen LogP contribution in [0.15, 0.2) is 34.3 Å². The van der Waals surface area contributed by atoms with Crippen molar-refractivity contribution < 1.29 is 9.53 Å². The second-order valence-electron chi connectivity index (χ2n) is 6.05. The highest BCUT2D eigenvalue weighted by Crippen LogP contribution is 2.33. The van der Waals surface area contributed by atoms with Gasteiger partial charge in [-0.05, 0) is 55.3 Å². The van der Waals surface area contributed by atoms with Crippen molar-refractivity contribution >= 4 is 39.8 Å². The number of nitrogens with one attached hydrogen (secondary N) is 1. The molecule has 1 N–H and O–H groups in total. The highest BCUT2D eigenvalue weighted by Gasteiger charge is 2.28. The van der Waals surface area contributed by atoms with Crippen molar-refractivity contribution in [1.29, 1.82) is 5.26 Å². The van der Waals surface area contributed by atoms with Crippen LogP contribution in [0.2, 0.25) is 0 Å². The second-order valence-corrected chi connectivity index (χ2v) is 7.08. The lowest BCUT2D eigenvalue weighted by molar-refractivity contribution is -0.115. The molecule has 26 heavy (non-hydrogen) atoms. The number of aromatic nitrogens is 1. The van der Waals surface area contributed by atoms with E-state index >= 15 is 0 Å². The molecule has 1 aromatic heterocycles. The minimum atomic E-state index is -0.136. The maximum atomic E-state index is 12.2. The summed E-state index contributed by atoms with van der Waals surface area (Å²) < 4.78 is 5.67. The Balaban J connectivity index is 1.72. The van der Waals surface area contributed by atoms with E-state index in [1.165, 1.54) is 18.0 Å². The van der Waals surface area contributed by atoms with Gasteiger partial charge in [0.05, 0.1) is 23.1 Å². The van der Waals surface area contributed by atoms with Crippen LogP contribution in [0.3, 0.4) is 0 Å². The largest absolute Gasteiger partial charge is 0.492 e. The molecular weight excluding hydrogens is 348 g/mol. The van der Waals surface area contributed by atoms with Crippen molar-refractivity contribution in [3.8, 4) is 11.8 Å². The van der Waals surface area contributed by atoms with Gasteiger partial charge in [0.15, 0.2) is 5.17 Å². The number of benzene rings is 1.